The lowest BCUT2D eigenvalue weighted by atomic mass is 10.0. The first kappa shape index (κ1) is 16.6. The van der Waals surface area contributed by atoms with E-state index in [-0.39, 0.29) is 5.78 Å². The first-order chi connectivity index (χ1) is 10.8. The van der Waals surface area contributed by atoms with Crippen LogP contribution in [0.4, 0.5) is 5.69 Å². The van der Waals surface area contributed by atoms with E-state index in [9.17, 15) is 4.79 Å². The molecule has 0 unspecified atom stereocenters. The lowest BCUT2D eigenvalue weighted by Gasteiger charge is -2.05. The Kier molecular flexibility index (Phi) is 7.04. The molecule has 2 aromatic rings. The minimum Gasteiger partial charge on any atom is -0.398 e. The first-order valence-electron chi connectivity index (χ1n) is 7.72. The van der Waals surface area contributed by atoms with Crippen molar-refractivity contribution in [1.29, 1.82) is 0 Å². The molecule has 3 heteroatoms. The highest BCUT2D eigenvalue weighted by molar-refractivity contribution is 7.99. The molecule has 2 nitrogen and oxygen atoms in total. The molecule has 2 aromatic carbocycles. The summed E-state index contributed by atoms with van der Waals surface area (Å²) in [6.07, 6.45) is 3.15. The van der Waals surface area contributed by atoms with Crippen LogP contribution in [0.15, 0.2) is 54.6 Å². The molecule has 2 N–H and O–H groups in total. The fraction of sp³-hybridized carbons (Fsp3) is 0.316. The highest BCUT2D eigenvalue weighted by atomic mass is 32.2. The maximum Gasteiger partial charge on any atom is 0.137 e. The number of nitrogens with two attached hydrogens (primary N) is 1. The van der Waals surface area contributed by atoms with Crippen LogP contribution in [0.1, 0.15) is 24.0 Å². The number of aryl methyl sites for hydroxylation is 1. The van der Waals surface area contributed by atoms with Crippen molar-refractivity contribution in [1.82, 2.24) is 0 Å². The molecule has 0 fully saturated rings. The van der Waals surface area contributed by atoms with Crippen LogP contribution in [0.5, 0.6) is 0 Å². The van der Waals surface area contributed by atoms with E-state index in [1.54, 1.807) is 0 Å². The van der Waals surface area contributed by atoms with Crippen molar-refractivity contribution < 1.29 is 4.79 Å². The third-order valence-corrected chi connectivity index (χ3v) is 4.64. The number of benzene rings is 2. The monoisotopic (exact) mass is 313 g/mol. The largest absolute Gasteiger partial charge is 0.398 e. The van der Waals surface area contributed by atoms with Gasteiger partial charge in [-0.05, 0) is 41.5 Å². The lowest BCUT2D eigenvalue weighted by molar-refractivity contribution is -0.118. The van der Waals surface area contributed by atoms with Crippen LogP contribution in [0.25, 0.3) is 0 Å². The number of rotatable bonds is 9. The molecule has 0 aromatic heterocycles. The number of thioether (sulfide) groups is 1. The van der Waals surface area contributed by atoms with Crippen LogP contribution in [0, 0.1) is 0 Å². The number of Topliss-reactive ketones (excluding diaryl/α,β-unsaturated/α-hetero) is 1. The van der Waals surface area contributed by atoms with Gasteiger partial charge in [-0.25, -0.2) is 0 Å². The third-order valence-electron chi connectivity index (χ3n) is 3.56. The zero-order chi connectivity index (χ0) is 15.6. The van der Waals surface area contributed by atoms with Crippen molar-refractivity contribution in [2.24, 2.45) is 0 Å². The van der Waals surface area contributed by atoms with Gasteiger partial charge >= 0.3 is 0 Å². The molecule has 0 saturated carbocycles. The smallest absolute Gasteiger partial charge is 0.137 e. The van der Waals surface area contributed by atoms with Gasteiger partial charge in [-0.3, -0.25) is 4.79 Å². The van der Waals surface area contributed by atoms with Crippen molar-refractivity contribution in [3.8, 4) is 0 Å². The number of hydrogen-bond acceptors (Lipinski definition) is 3. The predicted molar refractivity (Wildman–Crippen MR) is 96.3 cm³/mol. The first-order valence-corrected chi connectivity index (χ1v) is 8.88. The molecule has 0 aliphatic carbocycles. The summed E-state index contributed by atoms with van der Waals surface area (Å²) in [5, 5.41) is 0. The summed E-state index contributed by atoms with van der Waals surface area (Å²) in [5.74, 6) is 2.44. The second kappa shape index (κ2) is 9.31. The Bertz CT molecular complexity index is 583. The predicted octanol–water partition coefficient (Wildman–Crippen LogP) is 4.14. The number of carbonyl (C=O) groups excluding carboxylic acids is 1. The van der Waals surface area contributed by atoms with E-state index in [0.29, 0.717) is 18.5 Å². The van der Waals surface area contributed by atoms with Gasteiger partial charge in [0.05, 0.1) is 0 Å². The highest BCUT2D eigenvalue weighted by Crippen LogP contribution is 2.14. The molecule has 0 amide bonds. The molecule has 0 bridgehead atoms. The van der Waals surface area contributed by atoms with Crippen LogP contribution >= 0.6 is 11.8 Å². The molecule has 0 atom stereocenters. The van der Waals surface area contributed by atoms with Gasteiger partial charge in [0.2, 0.25) is 0 Å². The molecular formula is C19H23NOS. The van der Waals surface area contributed by atoms with Crippen molar-refractivity contribution in [2.75, 3.05) is 17.2 Å². The van der Waals surface area contributed by atoms with E-state index in [1.165, 1.54) is 5.56 Å². The summed E-state index contributed by atoms with van der Waals surface area (Å²) >= 11 is 1.92. The fourth-order valence-electron chi connectivity index (χ4n) is 2.30. The van der Waals surface area contributed by atoms with Crippen LogP contribution in [-0.2, 0) is 17.6 Å². The number of anilines is 1. The molecule has 0 spiro atoms. The Labute approximate surface area is 137 Å². The minimum atomic E-state index is 0.279. The van der Waals surface area contributed by atoms with Gasteiger partial charge in [-0.15, -0.1) is 0 Å². The van der Waals surface area contributed by atoms with Crippen LogP contribution in [0.2, 0.25) is 0 Å². The zero-order valence-electron chi connectivity index (χ0n) is 12.8. The number of nitrogen functional groups attached to an aromatic ring is 1. The Morgan fingerprint density at radius 2 is 1.68 bits per heavy atom. The minimum absolute atomic E-state index is 0.279. The maximum atomic E-state index is 12.0. The van der Waals surface area contributed by atoms with Crippen molar-refractivity contribution in [3.63, 3.8) is 0 Å². The highest BCUT2D eigenvalue weighted by Gasteiger charge is 2.06. The van der Waals surface area contributed by atoms with Crippen LogP contribution < -0.4 is 5.73 Å². The van der Waals surface area contributed by atoms with Gasteiger partial charge < -0.3 is 5.73 Å². The van der Waals surface area contributed by atoms with E-state index in [2.05, 4.69) is 24.3 Å². The lowest BCUT2D eigenvalue weighted by Crippen LogP contribution is -2.05. The standard InChI is InChI=1S/C19H23NOS/c20-19-11-5-4-9-17(19)15-18(21)10-6-13-22-14-12-16-7-2-1-3-8-16/h1-5,7-9,11H,6,10,12-15,20H2. The van der Waals surface area contributed by atoms with Crippen molar-refractivity contribution in [3.05, 3.63) is 65.7 Å². The Morgan fingerprint density at radius 1 is 0.955 bits per heavy atom. The Balaban J connectivity index is 1.57. The summed E-state index contributed by atoms with van der Waals surface area (Å²) in [6.45, 7) is 0. The average molecular weight is 313 g/mol. The summed E-state index contributed by atoms with van der Waals surface area (Å²) < 4.78 is 0. The third kappa shape index (κ3) is 5.94. The molecule has 0 heterocycles. The topological polar surface area (TPSA) is 43.1 Å². The summed E-state index contributed by atoms with van der Waals surface area (Å²) in [4.78, 5) is 12.0. The quantitative estimate of drug-likeness (QED) is 0.559. The van der Waals surface area contributed by atoms with Crippen molar-refractivity contribution >= 4 is 23.2 Å². The SMILES string of the molecule is Nc1ccccc1CC(=O)CCCSCCc1ccccc1. The second-order valence-electron chi connectivity index (χ2n) is 5.37. The molecule has 0 radical (unpaired) electrons. The number of hydrogen-bond donors (Lipinski definition) is 1. The molecule has 0 aliphatic rings. The molecule has 22 heavy (non-hydrogen) atoms. The van der Waals surface area contributed by atoms with Crippen molar-refractivity contribution in [2.45, 2.75) is 25.7 Å². The molecule has 116 valence electrons. The average Bonchev–Trinajstić information content (AvgIpc) is 2.54. The molecule has 2 rings (SSSR count). The number of para-hydroxylation sites is 1. The van der Waals surface area contributed by atoms with E-state index in [0.717, 1.165) is 29.9 Å². The number of carbonyl (C=O) groups is 1. The van der Waals surface area contributed by atoms with E-state index in [4.69, 9.17) is 5.73 Å². The van der Waals surface area contributed by atoms with Gasteiger partial charge in [0.25, 0.3) is 0 Å². The van der Waals surface area contributed by atoms with E-state index < -0.39 is 0 Å². The molecule has 0 aliphatic heterocycles. The Morgan fingerprint density at radius 3 is 2.45 bits per heavy atom. The Hall–Kier alpha value is -1.74. The van der Waals surface area contributed by atoms with Gasteiger partial charge in [0.15, 0.2) is 0 Å². The zero-order valence-corrected chi connectivity index (χ0v) is 13.6. The van der Waals surface area contributed by atoms with Gasteiger partial charge in [-0.1, -0.05) is 48.5 Å². The van der Waals surface area contributed by atoms with Crippen LogP contribution in [0.3, 0.4) is 0 Å². The van der Waals surface area contributed by atoms with Gasteiger partial charge in [0.1, 0.15) is 5.78 Å². The molecule has 0 saturated heterocycles. The van der Waals surface area contributed by atoms with Crippen LogP contribution in [-0.4, -0.2) is 17.3 Å². The second-order valence-corrected chi connectivity index (χ2v) is 6.59. The van der Waals surface area contributed by atoms with E-state index in [1.807, 2.05) is 42.1 Å². The number of ketones is 1. The normalized spacial score (nSPS) is 10.5. The van der Waals surface area contributed by atoms with Gasteiger partial charge in [0, 0.05) is 18.5 Å². The maximum absolute atomic E-state index is 12.0. The summed E-state index contributed by atoms with van der Waals surface area (Å²) in [6, 6.07) is 18.1. The fourth-order valence-corrected chi connectivity index (χ4v) is 3.24. The summed E-state index contributed by atoms with van der Waals surface area (Å²) in [7, 11) is 0. The molecular weight excluding hydrogens is 290 g/mol. The van der Waals surface area contributed by atoms with E-state index >= 15 is 0 Å². The van der Waals surface area contributed by atoms with Gasteiger partial charge in [-0.2, -0.15) is 11.8 Å². The summed E-state index contributed by atoms with van der Waals surface area (Å²) in [5.41, 5.74) is 8.91.